The van der Waals surface area contributed by atoms with Crippen molar-refractivity contribution in [1.29, 1.82) is 0 Å². The first-order valence-corrected chi connectivity index (χ1v) is 6.78. The number of aryl methyl sites for hydroxylation is 1. The molecule has 2 nitrogen and oxygen atoms in total. The van der Waals surface area contributed by atoms with Crippen LogP contribution in [-0.2, 0) is 10.3 Å². The summed E-state index contributed by atoms with van der Waals surface area (Å²) in [6, 6.07) is 13.8. The van der Waals surface area contributed by atoms with Gasteiger partial charge < -0.3 is 4.74 Å². The van der Waals surface area contributed by atoms with Gasteiger partial charge in [0.15, 0.2) is 11.9 Å². The fourth-order valence-corrected chi connectivity index (χ4v) is 2.66. The number of epoxide rings is 1. The van der Waals surface area contributed by atoms with Gasteiger partial charge in [0.05, 0.1) is 0 Å². The van der Waals surface area contributed by atoms with Crippen LogP contribution in [-0.4, -0.2) is 18.1 Å². The summed E-state index contributed by atoms with van der Waals surface area (Å²) < 4.78 is 45.5. The van der Waals surface area contributed by atoms with E-state index in [4.69, 9.17) is 4.74 Å². The molecule has 22 heavy (non-hydrogen) atoms. The lowest BCUT2D eigenvalue weighted by atomic mass is 9.90. The van der Waals surface area contributed by atoms with E-state index in [0.29, 0.717) is 5.56 Å². The van der Waals surface area contributed by atoms with E-state index in [1.807, 2.05) is 0 Å². The summed E-state index contributed by atoms with van der Waals surface area (Å²) in [5.41, 5.74) is -1.69. The third kappa shape index (κ3) is 2.13. The molecule has 3 rings (SSSR count). The number of hydrogen-bond donors (Lipinski definition) is 0. The molecule has 2 aromatic rings. The topological polar surface area (TPSA) is 29.6 Å². The van der Waals surface area contributed by atoms with E-state index < -0.39 is 23.7 Å². The normalized spacial score (nSPS) is 24.1. The average molecular weight is 306 g/mol. The molecule has 1 heterocycles. The molecule has 0 N–H and O–H groups in total. The molecular weight excluding hydrogens is 293 g/mol. The quantitative estimate of drug-likeness (QED) is 0.633. The van der Waals surface area contributed by atoms with Crippen LogP contribution in [0, 0.1) is 6.92 Å². The first kappa shape index (κ1) is 14.8. The highest BCUT2D eigenvalue weighted by atomic mass is 19.4. The fraction of sp³-hybridized carbons (Fsp3) is 0.235. The summed E-state index contributed by atoms with van der Waals surface area (Å²) >= 11 is 0. The second-order valence-electron chi connectivity index (χ2n) is 5.28. The molecule has 0 amide bonds. The van der Waals surface area contributed by atoms with Gasteiger partial charge in [0.1, 0.15) is 0 Å². The molecule has 0 aromatic heterocycles. The predicted octanol–water partition coefficient (Wildman–Crippen LogP) is 4.03. The van der Waals surface area contributed by atoms with E-state index in [-0.39, 0.29) is 11.1 Å². The number of ketones is 1. The first-order chi connectivity index (χ1) is 10.4. The monoisotopic (exact) mass is 306 g/mol. The molecule has 114 valence electrons. The van der Waals surface area contributed by atoms with Gasteiger partial charge >= 0.3 is 6.18 Å². The first-order valence-electron chi connectivity index (χ1n) is 6.78. The van der Waals surface area contributed by atoms with Crippen LogP contribution in [0.5, 0.6) is 0 Å². The lowest BCUT2D eigenvalue weighted by Crippen LogP contribution is -2.35. The average Bonchev–Trinajstić information content (AvgIpc) is 3.25. The molecule has 1 aliphatic heterocycles. The minimum absolute atomic E-state index is 0.0468. The van der Waals surface area contributed by atoms with E-state index in [2.05, 4.69) is 0 Å². The molecule has 1 aliphatic rings. The summed E-state index contributed by atoms with van der Waals surface area (Å²) in [5, 5.41) is 0. The Labute approximate surface area is 125 Å². The highest BCUT2D eigenvalue weighted by Crippen LogP contribution is 2.58. The Morgan fingerprint density at radius 1 is 1.05 bits per heavy atom. The van der Waals surface area contributed by atoms with Crippen molar-refractivity contribution < 1.29 is 22.7 Å². The Balaban J connectivity index is 2.01. The Morgan fingerprint density at radius 2 is 1.64 bits per heavy atom. The van der Waals surface area contributed by atoms with Gasteiger partial charge in [-0.1, -0.05) is 54.6 Å². The third-order valence-electron chi connectivity index (χ3n) is 3.89. The Kier molecular flexibility index (Phi) is 3.33. The van der Waals surface area contributed by atoms with Gasteiger partial charge in [-0.2, -0.15) is 13.2 Å². The van der Waals surface area contributed by atoms with E-state index >= 15 is 0 Å². The van der Waals surface area contributed by atoms with Crippen molar-refractivity contribution in [3.8, 4) is 0 Å². The molecule has 2 aromatic carbocycles. The third-order valence-corrected chi connectivity index (χ3v) is 3.89. The second-order valence-corrected chi connectivity index (χ2v) is 5.28. The Hall–Kier alpha value is -2.14. The summed E-state index contributed by atoms with van der Waals surface area (Å²) in [6.07, 6.45) is -6.19. The molecule has 0 saturated carbocycles. The van der Waals surface area contributed by atoms with Gasteiger partial charge in [0.2, 0.25) is 5.60 Å². The van der Waals surface area contributed by atoms with Gasteiger partial charge in [0, 0.05) is 5.56 Å². The van der Waals surface area contributed by atoms with E-state index in [1.54, 1.807) is 31.2 Å². The molecule has 0 aliphatic carbocycles. The maximum atomic E-state index is 13.5. The number of halogens is 3. The molecule has 0 bridgehead atoms. The number of alkyl halides is 3. The lowest BCUT2D eigenvalue weighted by molar-refractivity contribution is -0.187. The molecular formula is C17H13F3O2. The molecule has 0 radical (unpaired) electrons. The largest absolute Gasteiger partial charge is 0.424 e. The van der Waals surface area contributed by atoms with Crippen LogP contribution < -0.4 is 0 Å². The maximum absolute atomic E-state index is 13.5. The van der Waals surface area contributed by atoms with Crippen molar-refractivity contribution >= 4 is 5.78 Å². The summed E-state index contributed by atoms with van der Waals surface area (Å²) in [5.74, 6) is -0.640. The Bertz CT molecular complexity index is 709. The zero-order chi connectivity index (χ0) is 16.0. The molecule has 2 atom stereocenters. The van der Waals surface area contributed by atoms with Crippen molar-refractivity contribution in [2.75, 3.05) is 0 Å². The zero-order valence-electron chi connectivity index (χ0n) is 11.7. The second kappa shape index (κ2) is 4.95. The number of benzene rings is 2. The van der Waals surface area contributed by atoms with Gasteiger partial charge in [-0.25, -0.2) is 0 Å². The van der Waals surface area contributed by atoms with Crippen molar-refractivity contribution in [1.82, 2.24) is 0 Å². The van der Waals surface area contributed by atoms with Crippen LogP contribution in [0.4, 0.5) is 13.2 Å². The SMILES string of the molecule is Cc1ccccc1C(=O)[C@H]1O[C@]1(c1ccccc1)C(F)(F)F. The molecule has 5 heteroatoms. The van der Waals surface area contributed by atoms with Crippen LogP contribution >= 0.6 is 0 Å². The summed E-state index contributed by atoms with van der Waals surface area (Å²) in [7, 11) is 0. The molecule has 1 saturated heterocycles. The number of ether oxygens (including phenoxy) is 1. The maximum Gasteiger partial charge on any atom is 0.424 e. The van der Waals surface area contributed by atoms with Crippen LogP contribution in [0.25, 0.3) is 0 Å². The highest BCUT2D eigenvalue weighted by Gasteiger charge is 2.76. The van der Waals surface area contributed by atoms with Crippen molar-refractivity contribution in [3.05, 3.63) is 71.3 Å². The van der Waals surface area contributed by atoms with E-state index in [9.17, 15) is 18.0 Å². The minimum atomic E-state index is -4.66. The molecule has 0 unspecified atom stereocenters. The van der Waals surface area contributed by atoms with Gasteiger partial charge in [-0.05, 0) is 18.1 Å². The molecule has 1 fully saturated rings. The van der Waals surface area contributed by atoms with Crippen LogP contribution in [0.1, 0.15) is 21.5 Å². The fourth-order valence-electron chi connectivity index (χ4n) is 2.66. The number of rotatable bonds is 3. The predicted molar refractivity (Wildman–Crippen MR) is 74.6 cm³/mol. The standard InChI is InChI=1S/C17H13F3O2/c1-11-7-5-6-10-13(11)14(21)15-16(22-15,17(18,19)20)12-8-3-2-4-9-12/h2-10,15H,1H3/t15-,16+/m1/s1. The van der Waals surface area contributed by atoms with Gasteiger partial charge in [0.25, 0.3) is 0 Å². The van der Waals surface area contributed by atoms with Crippen LogP contribution in [0.2, 0.25) is 0 Å². The van der Waals surface area contributed by atoms with Crippen molar-refractivity contribution in [3.63, 3.8) is 0 Å². The number of Topliss-reactive ketones (excluding diaryl/α,β-unsaturated/α-hetero) is 1. The zero-order valence-corrected chi connectivity index (χ0v) is 11.7. The van der Waals surface area contributed by atoms with Crippen LogP contribution in [0.15, 0.2) is 54.6 Å². The summed E-state index contributed by atoms with van der Waals surface area (Å²) in [4.78, 5) is 12.4. The smallest absolute Gasteiger partial charge is 0.343 e. The number of carbonyl (C=O) groups excluding carboxylic acids is 1. The summed E-state index contributed by atoms with van der Waals surface area (Å²) in [6.45, 7) is 1.69. The Morgan fingerprint density at radius 3 is 2.23 bits per heavy atom. The van der Waals surface area contributed by atoms with E-state index in [0.717, 1.165) is 0 Å². The molecule has 0 spiro atoms. The van der Waals surface area contributed by atoms with Crippen molar-refractivity contribution in [2.24, 2.45) is 0 Å². The van der Waals surface area contributed by atoms with E-state index in [1.165, 1.54) is 30.3 Å². The lowest BCUT2D eigenvalue weighted by Gasteiger charge is -2.17. The number of carbonyl (C=O) groups is 1. The highest BCUT2D eigenvalue weighted by molar-refractivity contribution is 6.03. The number of hydrogen-bond acceptors (Lipinski definition) is 2. The van der Waals surface area contributed by atoms with Crippen LogP contribution in [0.3, 0.4) is 0 Å². The van der Waals surface area contributed by atoms with Crippen molar-refractivity contribution in [2.45, 2.75) is 24.8 Å². The van der Waals surface area contributed by atoms with Gasteiger partial charge in [-0.15, -0.1) is 0 Å². The minimum Gasteiger partial charge on any atom is -0.343 e. The van der Waals surface area contributed by atoms with Gasteiger partial charge in [-0.3, -0.25) is 4.79 Å².